The number of guanidine groups is 1. The number of carbonyl (C=O) groups is 1. The standard InChI is InChI=1S/C21H34N4O2.HI/c1-3-7-20(26)25-19-9-5-8-18(14-19)15-24-21(22-4-2)23-12-6-13-27-16-17-10-11-17;/h5,8-9,14,17H,3-4,6-7,10-13,15-16H2,1-2H3,(H,25,26)(H2,22,23,24);1H. The van der Waals surface area contributed by atoms with Crippen LogP contribution in [0.1, 0.15) is 51.5 Å². The van der Waals surface area contributed by atoms with Gasteiger partial charge < -0.3 is 20.7 Å². The van der Waals surface area contributed by atoms with Crippen LogP contribution in [0, 0.1) is 5.92 Å². The lowest BCUT2D eigenvalue weighted by atomic mass is 10.2. The zero-order valence-electron chi connectivity index (χ0n) is 17.1. The summed E-state index contributed by atoms with van der Waals surface area (Å²) in [5, 5.41) is 9.54. The number of carbonyl (C=O) groups excluding carboxylic acids is 1. The normalized spacial score (nSPS) is 13.6. The fraction of sp³-hybridized carbons (Fsp3) is 0.619. The topological polar surface area (TPSA) is 74.8 Å². The number of rotatable bonds is 12. The first-order chi connectivity index (χ1) is 13.2. The first-order valence-electron chi connectivity index (χ1n) is 10.2. The molecule has 1 saturated carbocycles. The van der Waals surface area contributed by atoms with Crippen molar-refractivity contribution in [3.05, 3.63) is 29.8 Å². The van der Waals surface area contributed by atoms with Gasteiger partial charge >= 0.3 is 0 Å². The molecule has 1 aliphatic carbocycles. The molecule has 0 saturated heterocycles. The Morgan fingerprint density at radius 1 is 1.25 bits per heavy atom. The summed E-state index contributed by atoms with van der Waals surface area (Å²) in [5.41, 5.74) is 1.89. The van der Waals surface area contributed by atoms with E-state index in [1.165, 1.54) is 12.8 Å². The zero-order valence-corrected chi connectivity index (χ0v) is 19.5. The number of nitrogens with one attached hydrogen (secondary N) is 3. The van der Waals surface area contributed by atoms with Crippen molar-refractivity contribution in [1.29, 1.82) is 0 Å². The van der Waals surface area contributed by atoms with Gasteiger partial charge in [0.05, 0.1) is 6.54 Å². The summed E-state index contributed by atoms with van der Waals surface area (Å²) in [7, 11) is 0. The van der Waals surface area contributed by atoms with Crippen molar-refractivity contribution in [2.24, 2.45) is 10.9 Å². The number of nitrogens with zero attached hydrogens (tertiary/aromatic N) is 1. The molecule has 0 radical (unpaired) electrons. The summed E-state index contributed by atoms with van der Waals surface area (Å²) in [5.74, 6) is 1.68. The van der Waals surface area contributed by atoms with Gasteiger partial charge in [-0.25, -0.2) is 4.99 Å². The van der Waals surface area contributed by atoms with Crippen LogP contribution in [0.3, 0.4) is 0 Å². The van der Waals surface area contributed by atoms with Gasteiger partial charge in [0.15, 0.2) is 5.96 Å². The number of hydrogen-bond acceptors (Lipinski definition) is 3. The molecule has 0 atom stereocenters. The first kappa shape index (κ1) is 24.7. The highest BCUT2D eigenvalue weighted by molar-refractivity contribution is 14.0. The Kier molecular flexibility index (Phi) is 12.9. The lowest BCUT2D eigenvalue weighted by Crippen LogP contribution is -2.38. The molecule has 1 amide bonds. The summed E-state index contributed by atoms with van der Waals surface area (Å²) in [6.07, 6.45) is 5.02. The number of amides is 1. The molecule has 3 N–H and O–H groups in total. The number of hydrogen-bond donors (Lipinski definition) is 3. The van der Waals surface area contributed by atoms with Crippen molar-refractivity contribution in [1.82, 2.24) is 10.6 Å². The van der Waals surface area contributed by atoms with Gasteiger partial charge in [0.1, 0.15) is 0 Å². The van der Waals surface area contributed by atoms with Gasteiger partial charge in [-0.3, -0.25) is 4.79 Å². The largest absolute Gasteiger partial charge is 0.381 e. The smallest absolute Gasteiger partial charge is 0.224 e. The number of benzene rings is 1. The SMILES string of the molecule is CCCC(=O)Nc1cccc(CN=C(NCC)NCCCOCC2CC2)c1.I. The second-order valence-corrected chi connectivity index (χ2v) is 6.99. The predicted molar refractivity (Wildman–Crippen MR) is 126 cm³/mol. The molecule has 0 heterocycles. The first-order valence-corrected chi connectivity index (χ1v) is 10.2. The second-order valence-electron chi connectivity index (χ2n) is 6.99. The van der Waals surface area contributed by atoms with E-state index in [-0.39, 0.29) is 29.9 Å². The zero-order chi connectivity index (χ0) is 19.3. The lowest BCUT2D eigenvalue weighted by molar-refractivity contribution is -0.116. The van der Waals surface area contributed by atoms with E-state index in [0.29, 0.717) is 13.0 Å². The minimum absolute atomic E-state index is 0. The molecule has 0 unspecified atom stereocenters. The molecular formula is C21H35IN4O2. The Hall–Kier alpha value is -1.35. The van der Waals surface area contributed by atoms with Gasteiger partial charge in [-0.1, -0.05) is 19.1 Å². The van der Waals surface area contributed by atoms with Crippen LogP contribution in [-0.2, 0) is 16.1 Å². The Morgan fingerprint density at radius 3 is 2.79 bits per heavy atom. The summed E-state index contributed by atoms with van der Waals surface area (Å²) >= 11 is 0. The maximum atomic E-state index is 11.7. The lowest BCUT2D eigenvalue weighted by Gasteiger charge is -2.12. The molecule has 1 aliphatic rings. The molecule has 1 aromatic rings. The Bertz CT molecular complexity index is 606. The van der Waals surface area contributed by atoms with E-state index in [1.807, 2.05) is 31.2 Å². The van der Waals surface area contributed by atoms with Crippen molar-refractivity contribution < 1.29 is 9.53 Å². The molecule has 0 bridgehead atoms. The highest BCUT2D eigenvalue weighted by Gasteiger charge is 2.20. The van der Waals surface area contributed by atoms with Crippen LogP contribution in [0.25, 0.3) is 0 Å². The average molecular weight is 502 g/mol. The minimum Gasteiger partial charge on any atom is -0.381 e. The molecular weight excluding hydrogens is 467 g/mol. The van der Waals surface area contributed by atoms with Crippen LogP contribution in [-0.4, -0.2) is 38.2 Å². The van der Waals surface area contributed by atoms with E-state index in [9.17, 15) is 4.79 Å². The van der Waals surface area contributed by atoms with Crippen LogP contribution in [0.15, 0.2) is 29.3 Å². The monoisotopic (exact) mass is 502 g/mol. The van der Waals surface area contributed by atoms with Gasteiger partial charge in [0.2, 0.25) is 5.91 Å². The van der Waals surface area contributed by atoms with E-state index >= 15 is 0 Å². The predicted octanol–water partition coefficient (Wildman–Crippen LogP) is 3.92. The molecule has 0 spiro atoms. The van der Waals surface area contributed by atoms with Crippen molar-refractivity contribution in [2.45, 2.75) is 52.5 Å². The van der Waals surface area contributed by atoms with Crippen LogP contribution in [0.2, 0.25) is 0 Å². The minimum atomic E-state index is 0. The van der Waals surface area contributed by atoms with Crippen molar-refractivity contribution in [3.63, 3.8) is 0 Å². The molecule has 28 heavy (non-hydrogen) atoms. The Morgan fingerprint density at radius 2 is 2.07 bits per heavy atom. The Balaban J connectivity index is 0.00000392. The fourth-order valence-electron chi connectivity index (χ4n) is 2.63. The quantitative estimate of drug-likeness (QED) is 0.175. The summed E-state index contributed by atoms with van der Waals surface area (Å²) in [6.45, 7) is 7.98. The highest BCUT2D eigenvalue weighted by atomic mass is 127. The van der Waals surface area contributed by atoms with Gasteiger partial charge in [-0.15, -0.1) is 24.0 Å². The maximum absolute atomic E-state index is 11.7. The van der Waals surface area contributed by atoms with Crippen LogP contribution >= 0.6 is 24.0 Å². The van der Waals surface area contributed by atoms with E-state index in [1.54, 1.807) is 0 Å². The average Bonchev–Trinajstić information content (AvgIpc) is 3.47. The van der Waals surface area contributed by atoms with Gasteiger partial charge in [0, 0.05) is 38.4 Å². The molecule has 0 aromatic heterocycles. The number of ether oxygens (including phenoxy) is 1. The maximum Gasteiger partial charge on any atom is 0.224 e. The number of aliphatic imine (C=N–C) groups is 1. The molecule has 6 nitrogen and oxygen atoms in total. The van der Waals surface area contributed by atoms with Gasteiger partial charge in [-0.2, -0.15) is 0 Å². The molecule has 2 rings (SSSR count). The number of halogens is 1. The van der Waals surface area contributed by atoms with E-state index in [4.69, 9.17) is 4.74 Å². The van der Waals surface area contributed by atoms with Crippen LogP contribution < -0.4 is 16.0 Å². The fourth-order valence-corrected chi connectivity index (χ4v) is 2.63. The molecule has 158 valence electrons. The molecule has 7 heteroatoms. The highest BCUT2D eigenvalue weighted by Crippen LogP contribution is 2.28. The second kappa shape index (κ2) is 14.6. The van der Waals surface area contributed by atoms with Crippen molar-refractivity contribution in [2.75, 3.05) is 31.6 Å². The molecule has 0 aliphatic heterocycles. The molecule has 1 fully saturated rings. The van der Waals surface area contributed by atoms with Crippen LogP contribution in [0.5, 0.6) is 0 Å². The third kappa shape index (κ3) is 10.8. The van der Waals surface area contributed by atoms with E-state index in [0.717, 1.165) is 62.3 Å². The molecule has 1 aromatic carbocycles. The van der Waals surface area contributed by atoms with Gasteiger partial charge in [0.25, 0.3) is 0 Å². The third-order valence-corrected chi connectivity index (χ3v) is 4.26. The number of anilines is 1. The van der Waals surface area contributed by atoms with E-state index < -0.39 is 0 Å². The Labute approximate surface area is 186 Å². The van der Waals surface area contributed by atoms with Crippen molar-refractivity contribution >= 4 is 41.5 Å². The van der Waals surface area contributed by atoms with Crippen molar-refractivity contribution in [3.8, 4) is 0 Å². The summed E-state index contributed by atoms with van der Waals surface area (Å²) in [6, 6.07) is 7.86. The summed E-state index contributed by atoms with van der Waals surface area (Å²) < 4.78 is 5.66. The van der Waals surface area contributed by atoms with Crippen LogP contribution in [0.4, 0.5) is 5.69 Å². The van der Waals surface area contributed by atoms with Gasteiger partial charge in [-0.05, 0) is 56.2 Å². The third-order valence-electron chi connectivity index (χ3n) is 4.26. The summed E-state index contributed by atoms with van der Waals surface area (Å²) in [4.78, 5) is 16.4. The van der Waals surface area contributed by atoms with E-state index in [2.05, 4.69) is 27.9 Å².